The second-order valence-electron chi connectivity index (χ2n) is 8.73. The predicted molar refractivity (Wildman–Crippen MR) is 101 cm³/mol. The van der Waals surface area contributed by atoms with E-state index < -0.39 is 7.12 Å². The first-order chi connectivity index (χ1) is 11.5. The molecule has 4 nitrogen and oxygen atoms in total. The first kappa shape index (κ1) is 20.2. The van der Waals surface area contributed by atoms with Crippen molar-refractivity contribution in [3.63, 3.8) is 0 Å². The molecule has 1 aliphatic rings. The largest absolute Gasteiger partial charge is 0.494 e. The van der Waals surface area contributed by atoms with E-state index in [9.17, 15) is 4.79 Å². The lowest BCUT2D eigenvalue weighted by Gasteiger charge is -2.32. The van der Waals surface area contributed by atoms with Gasteiger partial charge in [-0.15, -0.1) is 0 Å². The van der Waals surface area contributed by atoms with Gasteiger partial charge in [0.25, 0.3) is 0 Å². The Morgan fingerprint density at radius 1 is 1.08 bits per heavy atom. The highest BCUT2D eigenvalue weighted by Crippen LogP contribution is 2.36. The summed E-state index contributed by atoms with van der Waals surface area (Å²) in [5.74, 6) is 0.157. The van der Waals surface area contributed by atoms with Crippen molar-refractivity contribution >= 4 is 18.4 Å². The van der Waals surface area contributed by atoms with Crippen LogP contribution in [0.1, 0.15) is 64.7 Å². The second kappa shape index (κ2) is 7.22. The fraction of sp³-hybridized carbons (Fsp3) is 0.650. The maximum absolute atomic E-state index is 12.4. The normalized spacial score (nSPS) is 19.2. The van der Waals surface area contributed by atoms with Gasteiger partial charge in [-0.1, -0.05) is 38.1 Å². The quantitative estimate of drug-likeness (QED) is 0.559. The third kappa shape index (κ3) is 4.72. The third-order valence-corrected chi connectivity index (χ3v) is 5.32. The number of rotatable bonds is 7. The fourth-order valence-corrected chi connectivity index (χ4v) is 2.86. The number of hydrogen-bond acceptors (Lipinski definition) is 4. The van der Waals surface area contributed by atoms with Crippen LogP contribution in [0, 0.1) is 5.41 Å². The number of Topliss-reactive ketones (excluding diaryl/α,β-unsaturated/α-hetero) is 1. The van der Waals surface area contributed by atoms with Crippen LogP contribution in [-0.2, 0) is 14.0 Å². The molecule has 0 bridgehead atoms. The van der Waals surface area contributed by atoms with Gasteiger partial charge < -0.3 is 14.0 Å². The van der Waals surface area contributed by atoms with Crippen molar-refractivity contribution in [2.24, 2.45) is 5.41 Å². The predicted octanol–water partition coefficient (Wildman–Crippen LogP) is 3.62. The molecule has 0 saturated carbocycles. The number of ketones is 1. The van der Waals surface area contributed by atoms with Crippen molar-refractivity contribution in [2.45, 2.75) is 65.6 Å². The van der Waals surface area contributed by atoms with Crippen molar-refractivity contribution in [3.05, 3.63) is 29.8 Å². The zero-order valence-corrected chi connectivity index (χ0v) is 16.6. The van der Waals surface area contributed by atoms with Crippen LogP contribution in [0.3, 0.4) is 0 Å². The summed E-state index contributed by atoms with van der Waals surface area (Å²) in [4.78, 5) is 12.4. The lowest BCUT2D eigenvalue weighted by Crippen LogP contribution is -2.41. The summed E-state index contributed by atoms with van der Waals surface area (Å²) in [6, 6.07) is 7.59. The monoisotopic (exact) mass is 346 g/mol. The summed E-state index contributed by atoms with van der Waals surface area (Å²) in [7, 11) is 1.30. The molecule has 0 radical (unpaired) electrons. The Labute approximate surface area is 152 Å². The van der Waals surface area contributed by atoms with E-state index in [2.05, 4.69) is 13.8 Å². The van der Waals surface area contributed by atoms with Crippen LogP contribution >= 0.6 is 0 Å². The van der Waals surface area contributed by atoms with Gasteiger partial charge >= 0.3 is 7.12 Å². The van der Waals surface area contributed by atoms with Crippen LogP contribution in [0.15, 0.2) is 24.3 Å². The first-order valence-corrected chi connectivity index (χ1v) is 8.95. The third-order valence-electron chi connectivity index (χ3n) is 5.32. The highest BCUT2D eigenvalue weighted by Gasteiger charge is 2.51. The summed E-state index contributed by atoms with van der Waals surface area (Å²) in [6.07, 6.45) is 1.32. The summed E-state index contributed by atoms with van der Waals surface area (Å²) < 4.78 is 17.3. The zero-order chi connectivity index (χ0) is 18.9. The molecule has 0 spiro atoms. The van der Waals surface area contributed by atoms with E-state index in [1.54, 1.807) is 7.11 Å². The molecule has 0 atom stereocenters. The van der Waals surface area contributed by atoms with E-state index in [1.807, 2.05) is 52.0 Å². The zero-order valence-electron chi connectivity index (χ0n) is 16.6. The van der Waals surface area contributed by atoms with Gasteiger partial charge in [0.15, 0.2) is 5.78 Å². The molecular weight excluding hydrogens is 315 g/mol. The lowest BCUT2D eigenvalue weighted by atomic mass is 9.78. The average molecular weight is 346 g/mol. The highest BCUT2D eigenvalue weighted by atomic mass is 16.7. The minimum atomic E-state index is -0.394. The molecule has 0 aromatic heterocycles. The molecule has 1 aromatic rings. The smallest absolute Gasteiger partial charge is 0.399 e. The van der Waals surface area contributed by atoms with Crippen molar-refractivity contribution in [2.75, 3.05) is 13.7 Å². The summed E-state index contributed by atoms with van der Waals surface area (Å²) in [6.45, 7) is 13.0. The molecule has 1 aromatic carbocycles. The van der Waals surface area contributed by atoms with E-state index in [-0.39, 0.29) is 22.4 Å². The molecule has 1 saturated heterocycles. The Balaban J connectivity index is 2.00. The number of carbonyl (C=O) groups excluding carboxylic acids is 1. The average Bonchev–Trinajstić information content (AvgIpc) is 2.73. The highest BCUT2D eigenvalue weighted by molar-refractivity contribution is 6.62. The number of benzene rings is 1. The van der Waals surface area contributed by atoms with Gasteiger partial charge in [0.2, 0.25) is 0 Å². The van der Waals surface area contributed by atoms with E-state index in [0.717, 1.165) is 17.4 Å². The Hall–Kier alpha value is -1.17. The van der Waals surface area contributed by atoms with Crippen LogP contribution < -0.4 is 5.46 Å². The Kier molecular flexibility index (Phi) is 5.82. The van der Waals surface area contributed by atoms with Gasteiger partial charge in [-0.05, 0) is 45.0 Å². The maximum atomic E-state index is 12.4. The number of hydrogen-bond donors (Lipinski definition) is 0. The van der Waals surface area contributed by atoms with Gasteiger partial charge in [0, 0.05) is 19.1 Å². The molecule has 0 amide bonds. The van der Waals surface area contributed by atoms with E-state index in [0.29, 0.717) is 13.0 Å². The topological polar surface area (TPSA) is 44.8 Å². The van der Waals surface area contributed by atoms with Gasteiger partial charge in [0.05, 0.1) is 17.8 Å². The van der Waals surface area contributed by atoms with Crippen molar-refractivity contribution in [1.29, 1.82) is 0 Å². The van der Waals surface area contributed by atoms with Gasteiger partial charge in [-0.3, -0.25) is 4.79 Å². The Morgan fingerprint density at radius 2 is 1.60 bits per heavy atom. The molecule has 2 rings (SSSR count). The molecule has 0 unspecified atom stereocenters. The summed E-state index contributed by atoms with van der Waals surface area (Å²) in [5.41, 5.74) is 0.953. The molecule has 0 N–H and O–H groups in total. The Morgan fingerprint density at radius 3 is 2.08 bits per heavy atom. The summed E-state index contributed by atoms with van der Waals surface area (Å²) in [5, 5.41) is 0. The maximum Gasteiger partial charge on any atom is 0.494 e. The van der Waals surface area contributed by atoms with Crippen LogP contribution in [0.4, 0.5) is 0 Å². The van der Waals surface area contributed by atoms with E-state index in [4.69, 9.17) is 14.0 Å². The second-order valence-corrected chi connectivity index (χ2v) is 8.73. The standard InChI is InChI=1S/C20H31BO4/c1-18(2,14-23-7)13-12-17(22)15-8-10-16(11-9-15)21-24-19(3,4)20(5,6)25-21/h8-11H,12-14H2,1-7H3. The number of carbonyl (C=O) groups is 1. The Bertz CT molecular complexity index is 589. The minimum absolute atomic E-state index is 0.00699. The molecule has 1 heterocycles. The van der Waals surface area contributed by atoms with E-state index in [1.165, 1.54) is 0 Å². The SMILES string of the molecule is COCC(C)(C)CCC(=O)c1ccc(B2OC(C)(C)C(C)(C)O2)cc1. The van der Waals surface area contributed by atoms with Gasteiger partial charge in [-0.2, -0.15) is 0 Å². The lowest BCUT2D eigenvalue weighted by molar-refractivity contribution is 0.00578. The van der Waals surface area contributed by atoms with E-state index >= 15 is 0 Å². The van der Waals surface area contributed by atoms with Crippen molar-refractivity contribution in [3.8, 4) is 0 Å². The van der Waals surface area contributed by atoms with Crippen LogP contribution in [-0.4, -0.2) is 37.8 Å². The minimum Gasteiger partial charge on any atom is -0.399 e. The molecule has 5 heteroatoms. The number of ether oxygens (including phenoxy) is 1. The van der Waals surface area contributed by atoms with Crippen molar-refractivity contribution < 1.29 is 18.8 Å². The molecule has 1 aliphatic heterocycles. The van der Waals surface area contributed by atoms with Crippen LogP contribution in [0.25, 0.3) is 0 Å². The van der Waals surface area contributed by atoms with Crippen LogP contribution in [0.5, 0.6) is 0 Å². The number of methoxy groups -OCH3 is 1. The molecular formula is C20H31BO4. The summed E-state index contributed by atoms with van der Waals surface area (Å²) >= 11 is 0. The van der Waals surface area contributed by atoms with Gasteiger partial charge in [0.1, 0.15) is 0 Å². The van der Waals surface area contributed by atoms with Crippen LogP contribution in [0.2, 0.25) is 0 Å². The molecule has 138 valence electrons. The molecule has 0 aliphatic carbocycles. The van der Waals surface area contributed by atoms with Gasteiger partial charge in [-0.25, -0.2) is 0 Å². The fourth-order valence-electron chi connectivity index (χ4n) is 2.86. The first-order valence-electron chi connectivity index (χ1n) is 8.95. The molecule has 25 heavy (non-hydrogen) atoms. The molecule has 1 fully saturated rings. The van der Waals surface area contributed by atoms with Crippen molar-refractivity contribution in [1.82, 2.24) is 0 Å².